The molecule has 0 spiro atoms. The lowest BCUT2D eigenvalue weighted by molar-refractivity contribution is -0.120. The van der Waals surface area contributed by atoms with Gasteiger partial charge in [0.25, 0.3) is 0 Å². The Morgan fingerprint density at radius 2 is 2.16 bits per heavy atom. The molecular weight excluding hydrogens is 314 g/mol. The van der Waals surface area contributed by atoms with Gasteiger partial charge in [0.2, 0.25) is 5.91 Å². The minimum atomic E-state index is -0.870. The summed E-state index contributed by atoms with van der Waals surface area (Å²) in [5, 5.41) is 5.03. The largest absolute Gasteiger partial charge is 0.380 e. The Hall–Kier alpha value is -1.60. The average molecular weight is 330 g/mol. The van der Waals surface area contributed by atoms with Crippen LogP contribution in [0.5, 0.6) is 0 Å². The van der Waals surface area contributed by atoms with Crippen LogP contribution in [0.2, 0.25) is 0 Å². The van der Waals surface area contributed by atoms with Gasteiger partial charge in [0.1, 0.15) is 6.04 Å². The summed E-state index contributed by atoms with van der Waals surface area (Å²) in [4.78, 5) is 22.2. The van der Waals surface area contributed by atoms with Crippen molar-refractivity contribution in [2.45, 2.75) is 19.6 Å². The Morgan fingerprint density at radius 3 is 2.74 bits per heavy atom. The first-order chi connectivity index (χ1) is 8.95. The molecule has 0 fully saturated rings. The van der Waals surface area contributed by atoms with E-state index in [4.69, 9.17) is 10.5 Å². The highest BCUT2D eigenvalue weighted by Gasteiger charge is 2.16. The molecule has 0 aromatic heterocycles. The number of benzene rings is 1. The van der Waals surface area contributed by atoms with Gasteiger partial charge in [-0.15, -0.1) is 0 Å². The number of carbonyl (C=O) groups is 2. The van der Waals surface area contributed by atoms with Crippen LogP contribution in [0.1, 0.15) is 12.5 Å². The maximum absolute atomic E-state index is 11.6. The minimum absolute atomic E-state index is 0.397. The summed E-state index contributed by atoms with van der Waals surface area (Å²) in [5.41, 5.74) is 6.55. The van der Waals surface area contributed by atoms with Crippen LogP contribution in [0.4, 0.5) is 10.5 Å². The number of urea groups is 1. The summed E-state index contributed by atoms with van der Waals surface area (Å²) in [6.45, 7) is 2.03. The molecule has 19 heavy (non-hydrogen) atoms. The second-order valence-electron chi connectivity index (χ2n) is 3.92. The number of rotatable bonds is 5. The van der Waals surface area contributed by atoms with Crippen molar-refractivity contribution in [3.63, 3.8) is 0 Å². The molecule has 0 aliphatic carbocycles. The molecule has 0 aliphatic heterocycles. The monoisotopic (exact) mass is 329 g/mol. The van der Waals surface area contributed by atoms with Gasteiger partial charge in [0.15, 0.2) is 0 Å². The standard InChI is InChI=1S/C12H16BrN3O3/c1-7(11(17)16-12(14)18)15-10-5-3-4-9(13)8(10)6-19-2/h3-5,7,15H,6H2,1-2H3,(H3,14,16,17,18). The van der Waals surface area contributed by atoms with E-state index in [9.17, 15) is 9.59 Å². The van der Waals surface area contributed by atoms with Crippen LogP contribution >= 0.6 is 15.9 Å². The number of anilines is 1. The zero-order valence-corrected chi connectivity index (χ0v) is 12.3. The van der Waals surface area contributed by atoms with Crippen molar-refractivity contribution in [1.82, 2.24) is 5.32 Å². The molecule has 0 heterocycles. The maximum atomic E-state index is 11.6. The van der Waals surface area contributed by atoms with Gasteiger partial charge in [-0.1, -0.05) is 22.0 Å². The molecule has 0 saturated heterocycles. The highest BCUT2D eigenvalue weighted by Crippen LogP contribution is 2.26. The van der Waals surface area contributed by atoms with Gasteiger partial charge in [-0.05, 0) is 19.1 Å². The number of amides is 3. The highest BCUT2D eigenvalue weighted by atomic mass is 79.9. The van der Waals surface area contributed by atoms with E-state index in [2.05, 4.69) is 21.2 Å². The number of halogens is 1. The number of hydrogen-bond donors (Lipinski definition) is 3. The fourth-order valence-electron chi connectivity index (χ4n) is 1.51. The number of ether oxygens (including phenoxy) is 1. The van der Waals surface area contributed by atoms with E-state index in [0.29, 0.717) is 6.61 Å². The smallest absolute Gasteiger partial charge is 0.318 e. The second kappa shape index (κ2) is 7.10. The van der Waals surface area contributed by atoms with Crippen molar-refractivity contribution >= 4 is 33.6 Å². The van der Waals surface area contributed by atoms with Crippen molar-refractivity contribution in [3.05, 3.63) is 28.2 Å². The van der Waals surface area contributed by atoms with E-state index in [-0.39, 0.29) is 0 Å². The average Bonchev–Trinajstić information content (AvgIpc) is 2.32. The lowest BCUT2D eigenvalue weighted by Crippen LogP contribution is -2.43. The van der Waals surface area contributed by atoms with Crippen LogP contribution in [0.25, 0.3) is 0 Å². The first kappa shape index (κ1) is 15.5. The summed E-state index contributed by atoms with van der Waals surface area (Å²) < 4.78 is 5.99. The van der Waals surface area contributed by atoms with Gasteiger partial charge < -0.3 is 15.8 Å². The third-order valence-electron chi connectivity index (χ3n) is 2.42. The van der Waals surface area contributed by atoms with E-state index >= 15 is 0 Å². The predicted octanol–water partition coefficient (Wildman–Crippen LogP) is 1.59. The molecule has 0 saturated carbocycles. The Kier molecular flexibility index (Phi) is 5.78. The molecule has 3 amide bonds. The van der Waals surface area contributed by atoms with Crippen molar-refractivity contribution < 1.29 is 14.3 Å². The molecule has 4 N–H and O–H groups in total. The quantitative estimate of drug-likeness (QED) is 0.764. The molecule has 104 valence electrons. The Balaban J connectivity index is 2.84. The summed E-state index contributed by atoms with van der Waals surface area (Å²) >= 11 is 3.42. The number of hydrogen-bond acceptors (Lipinski definition) is 4. The van der Waals surface area contributed by atoms with Crippen LogP contribution < -0.4 is 16.4 Å². The van der Waals surface area contributed by atoms with Crippen LogP contribution in [-0.2, 0) is 16.1 Å². The van der Waals surface area contributed by atoms with Crippen molar-refractivity contribution in [3.8, 4) is 0 Å². The molecular formula is C12H16BrN3O3. The van der Waals surface area contributed by atoms with Gasteiger partial charge in [-0.3, -0.25) is 10.1 Å². The summed E-state index contributed by atoms with van der Waals surface area (Å²) in [6.07, 6.45) is 0. The Bertz CT molecular complexity index is 479. The van der Waals surface area contributed by atoms with Gasteiger partial charge in [0.05, 0.1) is 6.61 Å². The zero-order chi connectivity index (χ0) is 14.4. The predicted molar refractivity (Wildman–Crippen MR) is 75.7 cm³/mol. The minimum Gasteiger partial charge on any atom is -0.380 e. The van der Waals surface area contributed by atoms with E-state index < -0.39 is 18.0 Å². The molecule has 1 rings (SSSR count). The van der Waals surface area contributed by atoms with Gasteiger partial charge in [0, 0.05) is 22.8 Å². The Morgan fingerprint density at radius 1 is 1.47 bits per heavy atom. The van der Waals surface area contributed by atoms with E-state index in [1.54, 1.807) is 14.0 Å². The normalized spacial score (nSPS) is 11.7. The Labute approximate surface area is 119 Å². The second-order valence-corrected chi connectivity index (χ2v) is 4.77. The SMILES string of the molecule is COCc1c(Br)cccc1NC(C)C(=O)NC(N)=O. The summed E-state index contributed by atoms with van der Waals surface area (Å²) in [7, 11) is 1.59. The molecule has 1 unspecified atom stereocenters. The fourth-order valence-corrected chi connectivity index (χ4v) is 1.99. The summed E-state index contributed by atoms with van der Waals surface area (Å²) in [6, 6.07) is 4.08. The van der Waals surface area contributed by atoms with E-state index in [1.807, 2.05) is 23.5 Å². The molecule has 0 bridgehead atoms. The van der Waals surface area contributed by atoms with E-state index in [0.717, 1.165) is 15.7 Å². The fraction of sp³-hybridized carbons (Fsp3) is 0.333. The molecule has 1 aromatic rings. The molecule has 0 radical (unpaired) electrons. The summed E-state index contributed by atoms with van der Waals surface area (Å²) in [5.74, 6) is -0.490. The van der Waals surface area contributed by atoms with Gasteiger partial charge in [-0.25, -0.2) is 4.79 Å². The van der Waals surface area contributed by atoms with E-state index in [1.165, 1.54) is 0 Å². The first-order valence-electron chi connectivity index (χ1n) is 5.59. The molecule has 0 aliphatic rings. The number of nitrogens with two attached hydrogens (primary N) is 1. The van der Waals surface area contributed by atoms with Crippen molar-refractivity contribution in [2.24, 2.45) is 5.73 Å². The first-order valence-corrected chi connectivity index (χ1v) is 6.38. The van der Waals surface area contributed by atoms with Crippen LogP contribution in [0.15, 0.2) is 22.7 Å². The number of primary amides is 1. The van der Waals surface area contributed by atoms with Crippen LogP contribution in [0, 0.1) is 0 Å². The topological polar surface area (TPSA) is 93.4 Å². The zero-order valence-electron chi connectivity index (χ0n) is 10.7. The third-order valence-corrected chi connectivity index (χ3v) is 3.16. The van der Waals surface area contributed by atoms with Crippen molar-refractivity contribution in [2.75, 3.05) is 12.4 Å². The number of methoxy groups -OCH3 is 1. The van der Waals surface area contributed by atoms with Crippen molar-refractivity contribution in [1.29, 1.82) is 0 Å². The third kappa shape index (κ3) is 4.53. The molecule has 1 aromatic carbocycles. The maximum Gasteiger partial charge on any atom is 0.318 e. The number of imide groups is 1. The lowest BCUT2D eigenvalue weighted by Gasteiger charge is -2.17. The molecule has 7 heteroatoms. The van der Waals surface area contributed by atoms with Gasteiger partial charge in [-0.2, -0.15) is 0 Å². The molecule has 1 atom stereocenters. The number of carbonyl (C=O) groups excluding carboxylic acids is 2. The highest BCUT2D eigenvalue weighted by molar-refractivity contribution is 9.10. The van der Waals surface area contributed by atoms with Gasteiger partial charge >= 0.3 is 6.03 Å². The number of nitrogens with one attached hydrogen (secondary N) is 2. The van der Waals surface area contributed by atoms with Crippen LogP contribution in [-0.4, -0.2) is 25.1 Å². The molecule has 6 nitrogen and oxygen atoms in total. The van der Waals surface area contributed by atoms with Crippen LogP contribution in [0.3, 0.4) is 0 Å². The lowest BCUT2D eigenvalue weighted by atomic mass is 10.1.